The van der Waals surface area contributed by atoms with Crippen molar-refractivity contribution >= 4 is 18.6 Å². The molecule has 3 nitrogen and oxygen atoms in total. The Bertz CT molecular complexity index is 198. The number of carbonyl (C=O) groups is 1. The van der Waals surface area contributed by atoms with E-state index in [0.29, 0.717) is 12.1 Å². The van der Waals surface area contributed by atoms with Crippen LogP contribution in [0.25, 0.3) is 0 Å². The van der Waals surface area contributed by atoms with Gasteiger partial charge in [-0.1, -0.05) is 0 Å². The lowest BCUT2D eigenvalue weighted by molar-refractivity contribution is -0.149. The predicted octanol–water partition coefficient (Wildman–Crippen LogP) is 1.33. The van der Waals surface area contributed by atoms with Crippen LogP contribution in [-0.2, 0) is 9.53 Å². The normalized spacial score (nSPS) is 34.1. The van der Waals surface area contributed by atoms with E-state index in [-0.39, 0.29) is 17.8 Å². The molecule has 2 atom stereocenters. The number of hydrogen-bond donors (Lipinski definition) is 1. The molecular formula is C10H19NO2S. The number of thiol groups is 1. The fourth-order valence-corrected chi connectivity index (χ4v) is 2.02. The van der Waals surface area contributed by atoms with Gasteiger partial charge in [0.25, 0.3) is 0 Å². The smallest absolute Gasteiger partial charge is 0.315 e. The summed E-state index contributed by atoms with van der Waals surface area (Å²) in [6, 6.07) is 0.966. The first-order valence-corrected chi connectivity index (χ1v) is 5.70. The van der Waals surface area contributed by atoms with Gasteiger partial charge in [-0.05, 0) is 33.7 Å². The lowest BCUT2D eigenvalue weighted by Gasteiger charge is -2.39. The summed E-state index contributed by atoms with van der Waals surface area (Å²) >= 11 is 3.89. The van der Waals surface area contributed by atoms with Crippen LogP contribution in [0.15, 0.2) is 0 Å². The Kier molecular flexibility index (Phi) is 4.26. The first-order valence-electron chi connectivity index (χ1n) is 5.07. The largest absolute Gasteiger partial charge is 0.462 e. The van der Waals surface area contributed by atoms with Gasteiger partial charge in [-0.3, -0.25) is 4.79 Å². The van der Waals surface area contributed by atoms with Crippen molar-refractivity contribution in [3.8, 4) is 0 Å². The molecule has 1 aliphatic heterocycles. The van der Waals surface area contributed by atoms with E-state index in [0.717, 1.165) is 12.8 Å². The molecule has 0 amide bonds. The Labute approximate surface area is 91.2 Å². The molecule has 0 spiro atoms. The van der Waals surface area contributed by atoms with Crippen LogP contribution < -0.4 is 0 Å². The number of hydrogen-bond acceptors (Lipinski definition) is 4. The maximum atomic E-state index is 11.1. The van der Waals surface area contributed by atoms with Crippen LogP contribution >= 0.6 is 12.6 Å². The van der Waals surface area contributed by atoms with E-state index in [4.69, 9.17) is 4.74 Å². The minimum Gasteiger partial charge on any atom is -0.462 e. The molecule has 0 aliphatic carbocycles. The van der Waals surface area contributed by atoms with E-state index in [9.17, 15) is 4.79 Å². The monoisotopic (exact) mass is 217 g/mol. The van der Waals surface area contributed by atoms with Crippen LogP contribution in [0.1, 0.15) is 26.7 Å². The fourth-order valence-electron chi connectivity index (χ4n) is 1.94. The maximum absolute atomic E-state index is 11.1. The summed E-state index contributed by atoms with van der Waals surface area (Å²) in [5, 5.41) is 0. The van der Waals surface area contributed by atoms with Gasteiger partial charge in [0, 0.05) is 12.1 Å². The van der Waals surface area contributed by atoms with Crippen LogP contribution in [-0.4, -0.2) is 41.9 Å². The van der Waals surface area contributed by atoms with Crippen molar-refractivity contribution in [2.75, 3.05) is 12.8 Å². The first kappa shape index (κ1) is 11.9. The van der Waals surface area contributed by atoms with E-state index >= 15 is 0 Å². The van der Waals surface area contributed by atoms with Gasteiger partial charge in [-0.25, -0.2) is 0 Å². The van der Waals surface area contributed by atoms with Gasteiger partial charge in [0.05, 0.1) is 5.75 Å². The van der Waals surface area contributed by atoms with E-state index in [1.807, 2.05) is 0 Å². The third kappa shape index (κ3) is 2.89. The summed E-state index contributed by atoms with van der Waals surface area (Å²) in [6.07, 6.45) is 1.94. The zero-order chi connectivity index (χ0) is 10.7. The maximum Gasteiger partial charge on any atom is 0.315 e. The van der Waals surface area contributed by atoms with Crippen LogP contribution in [0.2, 0.25) is 0 Å². The Morgan fingerprint density at radius 3 is 2.36 bits per heavy atom. The molecule has 0 aromatic carbocycles. The minimum absolute atomic E-state index is 0.0795. The van der Waals surface area contributed by atoms with Crippen molar-refractivity contribution in [3.63, 3.8) is 0 Å². The van der Waals surface area contributed by atoms with E-state index in [2.05, 4.69) is 38.4 Å². The third-order valence-electron chi connectivity index (χ3n) is 3.03. The zero-order valence-electron chi connectivity index (χ0n) is 9.06. The average Bonchev–Trinajstić information content (AvgIpc) is 2.14. The Hall–Kier alpha value is -0.220. The molecule has 2 unspecified atom stereocenters. The summed E-state index contributed by atoms with van der Waals surface area (Å²) in [7, 11) is 2.12. The van der Waals surface area contributed by atoms with Gasteiger partial charge in [0.1, 0.15) is 6.10 Å². The first-order chi connectivity index (χ1) is 6.54. The highest BCUT2D eigenvalue weighted by Crippen LogP contribution is 2.23. The Morgan fingerprint density at radius 2 is 1.93 bits per heavy atom. The molecule has 1 rings (SSSR count). The number of carbonyl (C=O) groups excluding carboxylic acids is 1. The molecule has 82 valence electrons. The quantitative estimate of drug-likeness (QED) is 0.559. The molecule has 1 fully saturated rings. The topological polar surface area (TPSA) is 29.5 Å². The molecule has 14 heavy (non-hydrogen) atoms. The second kappa shape index (κ2) is 5.03. The molecule has 0 aromatic heterocycles. The van der Waals surface area contributed by atoms with Crippen molar-refractivity contribution in [2.45, 2.75) is 44.9 Å². The van der Waals surface area contributed by atoms with Crippen molar-refractivity contribution in [1.29, 1.82) is 0 Å². The fraction of sp³-hybridized carbons (Fsp3) is 0.900. The lowest BCUT2D eigenvalue weighted by atomic mass is 9.95. The lowest BCUT2D eigenvalue weighted by Crippen LogP contribution is -2.46. The molecule has 1 heterocycles. The zero-order valence-corrected chi connectivity index (χ0v) is 9.96. The summed E-state index contributed by atoms with van der Waals surface area (Å²) in [4.78, 5) is 13.4. The second-order valence-corrected chi connectivity index (χ2v) is 4.42. The highest BCUT2D eigenvalue weighted by atomic mass is 32.1. The van der Waals surface area contributed by atoms with Crippen LogP contribution in [0.3, 0.4) is 0 Å². The molecule has 0 saturated carbocycles. The highest BCUT2D eigenvalue weighted by Gasteiger charge is 2.30. The molecule has 0 N–H and O–H groups in total. The van der Waals surface area contributed by atoms with Gasteiger partial charge >= 0.3 is 5.97 Å². The summed E-state index contributed by atoms with van der Waals surface area (Å²) < 4.78 is 5.29. The predicted molar refractivity (Wildman–Crippen MR) is 59.7 cm³/mol. The van der Waals surface area contributed by atoms with Gasteiger partial charge in [-0.2, -0.15) is 12.6 Å². The van der Waals surface area contributed by atoms with E-state index < -0.39 is 0 Å². The summed E-state index contributed by atoms with van der Waals surface area (Å²) in [6.45, 7) is 4.33. The molecule has 1 saturated heterocycles. The van der Waals surface area contributed by atoms with Crippen molar-refractivity contribution in [2.24, 2.45) is 0 Å². The molecule has 0 radical (unpaired) electrons. The Morgan fingerprint density at radius 1 is 1.43 bits per heavy atom. The molecule has 1 aliphatic rings. The average molecular weight is 217 g/mol. The van der Waals surface area contributed by atoms with Crippen LogP contribution in [0.4, 0.5) is 0 Å². The molecule has 0 bridgehead atoms. The van der Waals surface area contributed by atoms with Gasteiger partial charge in [0.15, 0.2) is 0 Å². The van der Waals surface area contributed by atoms with E-state index in [1.54, 1.807) is 0 Å². The molecule has 4 heteroatoms. The van der Waals surface area contributed by atoms with Gasteiger partial charge < -0.3 is 9.64 Å². The Balaban J connectivity index is 2.45. The van der Waals surface area contributed by atoms with Crippen LogP contribution in [0, 0.1) is 0 Å². The van der Waals surface area contributed by atoms with Crippen LogP contribution in [0.5, 0.6) is 0 Å². The number of nitrogens with zero attached hydrogens (tertiary/aromatic N) is 1. The third-order valence-corrected chi connectivity index (χ3v) is 3.28. The van der Waals surface area contributed by atoms with Gasteiger partial charge in [-0.15, -0.1) is 0 Å². The number of esters is 1. The van der Waals surface area contributed by atoms with E-state index in [1.165, 1.54) is 0 Å². The molecule has 0 aromatic rings. The summed E-state index contributed by atoms with van der Waals surface area (Å²) in [5.41, 5.74) is 0. The minimum atomic E-state index is -0.206. The second-order valence-electron chi connectivity index (χ2n) is 4.10. The summed E-state index contributed by atoms with van der Waals surface area (Å²) in [5.74, 6) is -0.0305. The van der Waals surface area contributed by atoms with Gasteiger partial charge in [0.2, 0.25) is 0 Å². The number of likely N-dealkylation sites (tertiary alicyclic amines) is 1. The van der Waals surface area contributed by atoms with Crippen molar-refractivity contribution in [3.05, 3.63) is 0 Å². The number of piperidine rings is 1. The molecular weight excluding hydrogens is 198 g/mol. The number of rotatable bonds is 2. The highest BCUT2D eigenvalue weighted by molar-refractivity contribution is 7.81. The number of ether oxygens (including phenoxy) is 1. The SMILES string of the molecule is CC1CC(OC(=O)CS)CC(C)N1C. The standard InChI is InChI=1S/C10H19NO2S/c1-7-4-9(13-10(12)6-14)5-8(2)11(7)3/h7-9,14H,4-6H2,1-3H3. The van der Waals surface area contributed by atoms with Crippen molar-refractivity contribution < 1.29 is 9.53 Å². The van der Waals surface area contributed by atoms with Crippen molar-refractivity contribution in [1.82, 2.24) is 4.90 Å².